The van der Waals surface area contributed by atoms with Crippen LogP contribution in [0, 0.1) is 13.8 Å². The fraction of sp³-hybridized carbons (Fsp3) is 0.214. The first-order chi connectivity index (χ1) is 8.49. The molecule has 1 aromatic carbocycles. The van der Waals surface area contributed by atoms with Gasteiger partial charge in [0.2, 0.25) is 5.22 Å². The van der Waals surface area contributed by atoms with E-state index < -0.39 is 0 Å². The van der Waals surface area contributed by atoms with Crippen molar-refractivity contribution in [3.8, 4) is 0 Å². The number of carbonyl (C=O) groups excluding carboxylic acids is 1. The lowest BCUT2D eigenvalue weighted by Crippen LogP contribution is -2.26. The molecule has 94 valence electrons. The standard InChI is InChI=1S/C14H14ClNO2/c1-9-6-10(2)8-11(7-9)16(3)14(17)12-4-5-18-13(12)15/h4-8H,1-3H3. The van der Waals surface area contributed by atoms with Crippen LogP contribution in [0.25, 0.3) is 0 Å². The van der Waals surface area contributed by atoms with E-state index >= 15 is 0 Å². The van der Waals surface area contributed by atoms with Gasteiger partial charge in [-0.25, -0.2) is 0 Å². The fourth-order valence-corrected chi connectivity index (χ4v) is 2.08. The highest BCUT2D eigenvalue weighted by atomic mass is 35.5. The molecule has 0 aliphatic heterocycles. The highest BCUT2D eigenvalue weighted by Crippen LogP contribution is 2.23. The third-order valence-corrected chi connectivity index (χ3v) is 3.04. The number of aryl methyl sites for hydroxylation is 2. The normalized spacial score (nSPS) is 10.4. The van der Waals surface area contributed by atoms with Crippen molar-refractivity contribution in [1.29, 1.82) is 0 Å². The maximum atomic E-state index is 12.2. The Kier molecular flexibility index (Phi) is 3.43. The zero-order valence-corrected chi connectivity index (χ0v) is 11.3. The molecule has 2 aromatic rings. The smallest absolute Gasteiger partial charge is 0.262 e. The van der Waals surface area contributed by atoms with Crippen molar-refractivity contribution in [2.45, 2.75) is 13.8 Å². The molecule has 18 heavy (non-hydrogen) atoms. The maximum Gasteiger partial charge on any atom is 0.262 e. The van der Waals surface area contributed by atoms with Crippen molar-refractivity contribution in [2.75, 3.05) is 11.9 Å². The number of nitrogens with zero attached hydrogens (tertiary/aromatic N) is 1. The average Bonchev–Trinajstić information content (AvgIpc) is 2.72. The first-order valence-corrected chi connectivity index (χ1v) is 5.96. The molecule has 3 nitrogen and oxygen atoms in total. The van der Waals surface area contributed by atoms with Gasteiger partial charge in [0.05, 0.1) is 11.8 Å². The van der Waals surface area contributed by atoms with Gasteiger partial charge in [0, 0.05) is 12.7 Å². The predicted molar refractivity (Wildman–Crippen MR) is 72.4 cm³/mol. The van der Waals surface area contributed by atoms with Gasteiger partial charge in [-0.2, -0.15) is 0 Å². The van der Waals surface area contributed by atoms with Gasteiger partial charge >= 0.3 is 0 Å². The van der Waals surface area contributed by atoms with Crippen LogP contribution in [0.15, 0.2) is 34.9 Å². The van der Waals surface area contributed by atoms with Crippen molar-refractivity contribution < 1.29 is 9.21 Å². The maximum absolute atomic E-state index is 12.2. The van der Waals surface area contributed by atoms with Gasteiger partial charge < -0.3 is 9.32 Å². The number of amides is 1. The minimum Gasteiger partial charge on any atom is -0.452 e. The van der Waals surface area contributed by atoms with Crippen LogP contribution in [-0.4, -0.2) is 13.0 Å². The summed E-state index contributed by atoms with van der Waals surface area (Å²) in [6, 6.07) is 7.55. The molecule has 0 radical (unpaired) electrons. The molecule has 0 unspecified atom stereocenters. The third-order valence-electron chi connectivity index (χ3n) is 2.75. The monoisotopic (exact) mass is 263 g/mol. The number of anilines is 1. The Morgan fingerprint density at radius 1 is 1.22 bits per heavy atom. The van der Waals surface area contributed by atoms with Crippen molar-refractivity contribution in [1.82, 2.24) is 0 Å². The second-order valence-corrected chi connectivity index (χ2v) is 4.66. The summed E-state index contributed by atoms with van der Waals surface area (Å²) in [4.78, 5) is 13.8. The van der Waals surface area contributed by atoms with Crippen molar-refractivity contribution in [3.05, 3.63) is 52.4 Å². The van der Waals surface area contributed by atoms with Crippen LogP contribution in [0.4, 0.5) is 5.69 Å². The zero-order valence-electron chi connectivity index (χ0n) is 10.5. The molecule has 0 aliphatic carbocycles. The van der Waals surface area contributed by atoms with Gasteiger partial charge in [-0.15, -0.1) is 0 Å². The number of furan rings is 1. The molecule has 1 aromatic heterocycles. The van der Waals surface area contributed by atoms with Gasteiger partial charge in [-0.3, -0.25) is 4.79 Å². The second-order valence-electron chi connectivity index (χ2n) is 4.32. The summed E-state index contributed by atoms with van der Waals surface area (Å²) in [6.45, 7) is 4.00. The molecule has 0 bridgehead atoms. The molecular weight excluding hydrogens is 250 g/mol. The predicted octanol–water partition coefficient (Wildman–Crippen LogP) is 3.83. The lowest BCUT2D eigenvalue weighted by Gasteiger charge is -2.18. The highest BCUT2D eigenvalue weighted by Gasteiger charge is 2.18. The number of halogens is 1. The van der Waals surface area contributed by atoms with Crippen LogP contribution in [0.5, 0.6) is 0 Å². The van der Waals surface area contributed by atoms with E-state index in [1.54, 1.807) is 18.0 Å². The van der Waals surface area contributed by atoms with Gasteiger partial charge in [-0.05, 0) is 54.8 Å². The van der Waals surface area contributed by atoms with Crippen molar-refractivity contribution in [2.24, 2.45) is 0 Å². The first kappa shape index (κ1) is 12.7. The SMILES string of the molecule is Cc1cc(C)cc(N(C)C(=O)c2ccoc2Cl)c1. The Hall–Kier alpha value is -1.74. The number of hydrogen-bond acceptors (Lipinski definition) is 2. The van der Waals surface area contributed by atoms with Crippen LogP contribution < -0.4 is 4.90 Å². The Labute approximate surface area is 111 Å². The molecule has 0 aliphatic rings. The topological polar surface area (TPSA) is 33.5 Å². The Bertz CT molecular complexity index is 569. The molecule has 2 rings (SSSR count). The van der Waals surface area contributed by atoms with E-state index in [9.17, 15) is 4.79 Å². The van der Waals surface area contributed by atoms with E-state index in [1.807, 2.05) is 26.0 Å². The van der Waals surface area contributed by atoms with E-state index in [0.29, 0.717) is 5.56 Å². The summed E-state index contributed by atoms with van der Waals surface area (Å²) in [5.74, 6) is -0.182. The van der Waals surface area contributed by atoms with Crippen LogP contribution >= 0.6 is 11.6 Å². The van der Waals surface area contributed by atoms with Gasteiger partial charge in [0.1, 0.15) is 0 Å². The van der Waals surface area contributed by atoms with E-state index in [1.165, 1.54) is 6.26 Å². The van der Waals surface area contributed by atoms with Crippen molar-refractivity contribution in [3.63, 3.8) is 0 Å². The Balaban J connectivity index is 2.34. The molecule has 0 fully saturated rings. The summed E-state index contributed by atoms with van der Waals surface area (Å²) < 4.78 is 4.94. The molecule has 0 N–H and O–H groups in total. The van der Waals surface area contributed by atoms with Gasteiger partial charge in [0.15, 0.2) is 0 Å². The average molecular weight is 264 g/mol. The fourth-order valence-electron chi connectivity index (χ4n) is 1.89. The largest absolute Gasteiger partial charge is 0.452 e. The second kappa shape index (κ2) is 4.86. The summed E-state index contributed by atoms with van der Waals surface area (Å²) >= 11 is 5.81. The first-order valence-electron chi connectivity index (χ1n) is 5.58. The zero-order chi connectivity index (χ0) is 13.3. The number of rotatable bonds is 2. The molecule has 0 spiro atoms. The molecular formula is C14H14ClNO2. The van der Waals surface area contributed by atoms with E-state index in [2.05, 4.69) is 6.07 Å². The minimum absolute atomic E-state index is 0.122. The van der Waals surface area contributed by atoms with Crippen LogP contribution in [0.3, 0.4) is 0 Å². The molecule has 1 amide bonds. The van der Waals surface area contributed by atoms with Crippen LogP contribution in [-0.2, 0) is 0 Å². The summed E-state index contributed by atoms with van der Waals surface area (Å²) in [5, 5.41) is 0.122. The minimum atomic E-state index is -0.182. The van der Waals surface area contributed by atoms with Crippen molar-refractivity contribution >= 4 is 23.2 Å². The molecule has 0 saturated carbocycles. The number of benzene rings is 1. The lowest BCUT2D eigenvalue weighted by atomic mass is 10.1. The van der Waals surface area contributed by atoms with E-state index in [0.717, 1.165) is 16.8 Å². The third kappa shape index (κ3) is 2.41. The lowest BCUT2D eigenvalue weighted by molar-refractivity contribution is 0.0992. The Morgan fingerprint density at radius 2 is 1.83 bits per heavy atom. The molecule has 0 atom stereocenters. The van der Waals surface area contributed by atoms with Crippen LogP contribution in [0.1, 0.15) is 21.5 Å². The number of carbonyl (C=O) groups is 1. The van der Waals surface area contributed by atoms with Gasteiger partial charge in [0.25, 0.3) is 5.91 Å². The Morgan fingerprint density at radius 3 is 2.33 bits per heavy atom. The van der Waals surface area contributed by atoms with E-state index in [4.69, 9.17) is 16.0 Å². The summed E-state index contributed by atoms with van der Waals surface area (Å²) in [6.07, 6.45) is 1.41. The van der Waals surface area contributed by atoms with Crippen LogP contribution in [0.2, 0.25) is 5.22 Å². The number of hydrogen-bond donors (Lipinski definition) is 0. The summed E-state index contributed by atoms with van der Waals surface area (Å²) in [7, 11) is 1.72. The molecule has 0 saturated heterocycles. The highest BCUT2D eigenvalue weighted by molar-refractivity contribution is 6.32. The van der Waals surface area contributed by atoms with Gasteiger partial charge in [-0.1, -0.05) is 6.07 Å². The van der Waals surface area contributed by atoms with E-state index in [-0.39, 0.29) is 11.1 Å². The molecule has 4 heteroatoms. The quantitative estimate of drug-likeness (QED) is 0.825. The molecule has 1 heterocycles. The summed E-state index contributed by atoms with van der Waals surface area (Å²) in [5.41, 5.74) is 3.44.